The minimum atomic E-state index is 0.424. The van der Waals surface area contributed by atoms with Gasteiger partial charge in [0.1, 0.15) is 5.76 Å². The molecule has 1 aromatic rings. The molecule has 102 valence electrons. The molecule has 1 rings (SSSR count). The van der Waals surface area contributed by atoms with E-state index in [2.05, 4.69) is 31.2 Å². The van der Waals surface area contributed by atoms with Gasteiger partial charge < -0.3 is 9.84 Å². The predicted octanol–water partition coefficient (Wildman–Crippen LogP) is 4.35. The molecule has 0 aliphatic heterocycles. The molecule has 0 unspecified atom stereocenters. The standard InChI is InChI=1S/C10H18N2O.2C2H6/c1-4-5-11-7-9-6-10(8(2)3)13-12-9;2*1-2/h6,8,11H,4-5,7H2,1-3H3;2*1-2H3. The van der Waals surface area contributed by atoms with Gasteiger partial charge in [-0.25, -0.2) is 0 Å². The average molecular weight is 242 g/mol. The molecule has 0 fully saturated rings. The Balaban J connectivity index is 0. The third kappa shape index (κ3) is 8.93. The van der Waals surface area contributed by atoms with Crippen molar-refractivity contribution in [2.24, 2.45) is 0 Å². The molecule has 0 radical (unpaired) electrons. The van der Waals surface area contributed by atoms with E-state index >= 15 is 0 Å². The molecule has 0 saturated heterocycles. The highest BCUT2D eigenvalue weighted by atomic mass is 16.5. The molecule has 3 heteroatoms. The van der Waals surface area contributed by atoms with Gasteiger partial charge in [0.05, 0.1) is 5.69 Å². The molecule has 0 aliphatic carbocycles. The van der Waals surface area contributed by atoms with Gasteiger partial charge in [-0.1, -0.05) is 53.6 Å². The van der Waals surface area contributed by atoms with Gasteiger partial charge in [-0.05, 0) is 13.0 Å². The van der Waals surface area contributed by atoms with E-state index in [9.17, 15) is 0 Å². The van der Waals surface area contributed by atoms with E-state index < -0.39 is 0 Å². The van der Waals surface area contributed by atoms with Crippen LogP contribution in [0.2, 0.25) is 0 Å². The quantitative estimate of drug-likeness (QED) is 0.780. The van der Waals surface area contributed by atoms with Crippen molar-refractivity contribution in [1.29, 1.82) is 0 Å². The number of nitrogens with zero attached hydrogens (tertiary/aromatic N) is 1. The van der Waals surface area contributed by atoms with E-state index in [1.54, 1.807) is 0 Å². The molecule has 1 N–H and O–H groups in total. The first-order valence-corrected chi connectivity index (χ1v) is 6.90. The lowest BCUT2D eigenvalue weighted by Gasteiger charge is -1.96. The summed E-state index contributed by atoms with van der Waals surface area (Å²) in [5.41, 5.74) is 0.997. The summed E-state index contributed by atoms with van der Waals surface area (Å²) >= 11 is 0. The van der Waals surface area contributed by atoms with Gasteiger partial charge in [0, 0.05) is 18.5 Å². The molecular weight excluding hydrogens is 212 g/mol. The highest BCUT2D eigenvalue weighted by molar-refractivity contribution is 5.08. The summed E-state index contributed by atoms with van der Waals surface area (Å²) in [5.74, 6) is 1.39. The molecule has 3 nitrogen and oxygen atoms in total. The normalized spacial score (nSPS) is 9.18. The van der Waals surface area contributed by atoms with Crippen LogP contribution in [0, 0.1) is 0 Å². The summed E-state index contributed by atoms with van der Waals surface area (Å²) in [5, 5.41) is 7.25. The van der Waals surface area contributed by atoms with Crippen molar-refractivity contribution in [2.75, 3.05) is 6.54 Å². The molecule has 0 amide bonds. The van der Waals surface area contributed by atoms with E-state index in [1.807, 2.05) is 33.8 Å². The lowest BCUT2D eigenvalue weighted by atomic mass is 10.1. The number of rotatable bonds is 5. The molecule has 1 heterocycles. The minimum absolute atomic E-state index is 0.424. The van der Waals surface area contributed by atoms with Gasteiger partial charge in [0.2, 0.25) is 0 Å². The van der Waals surface area contributed by atoms with Crippen LogP contribution in [0.4, 0.5) is 0 Å². The van der Waals surface area contributed by atoms with Crippen LogP contribution in [0.3, 0.4) is 0 Å². The van der Waals surface area contributed by atoms with Crippen molar-refractivity contribution < 1.29 is 4.52 Å². The second-order valence-electron chi connectivity index (χ2n) is 3.55. The van der Waals surface area contributed by atoms with Crippen LogP contribution >= 0.6 is 0 Å². The Bertz CT molecular complexity index is 244. The molecule has 0 saturated carbocycles. The zero-order valence-corrected chi connectivity index (χ0v) is 12.6. The monoisotopic (exact) mass is 242 g/mol. The molecule has 1 aromatic heterocycles. The number of nitrogens with one attached hydrogen (secondary N) is 1. The molecule has 0 atom stereocenters. The van der Waals surface area contributed by atoms with Crippen LogP contribution in [0.15, 0.2) is 10.6 Å². The molecule has 0 bridgehead atoms. The fraction of sp³-hybridized carbons (Fsp3) is 0.786. The SMILES string of the molecule is CC.CC.CCCNCc1cc(C(C)C)on1. The second kappa shape index (κ2) is 13.2. The lowest BCUT2D eigenvalue weighted by Crippen LogP contribution is -2.13. The van der Waals surface area contributed by atoms with Crippen LogP contribution in [-0.4, -0.2) is 11.7 Å². The number of hydrogen-bond donors (Lipinski definition) is 1. The molecular formula is C14H30N2O. The van der Waals surface area contributed by atoms with Gasteiger partial charge in [-0.15, -0.1) is 0 Å². The van der Waals surface area contributed by atoms with Crippen LogP contribution < -0.4 is 5.32 Å². The van der Waals surface area contributed by atoms with Crippen LogP contribution in [0.1, 0.15) is 72.3 Å². The summed E-state index contributed by atoms with van der Waals surface area (Å²) in [4.78, 5) is 0. The molecule has 0 spiro atoms. The first kappa shape index (κ1) is 18.5. The highest BCUT2D eigenvalue weighted by Gasteiger charge is 2.06. The third-order valence-corrected chi connectivity index (χ3v) is 1.88. The first-order chi connectivity index (χ1) is 8.24. The molecule has 0 aromatic carbocycles. The molecule has 17 heavy (non-hydrogen) atoms. The topological polar surface area (TPSA) is 38.1 Å². The smallest absolute Gasteiger partial charge is 0.139 e. The van der Waals surface area contributed by atoms with Crippen molar-refractivity contribution in [3.8, 4) is 0 Å². The van der Waals surface area contributed by atoms with Gasteiger partial charge in [0.25, 0.3) is 0 Å². The van der Waals surface area contributed by atoms with Gasteiger partial charge >= 0.3 is 0 Å². The second-order valence-corrected chi connectivity index (χ2v) is 3.55. The highest BCUT2D eigenvalue weighted by Crippen LogP contribution is 2.14. The maximum absolute atomic E-state index is 5.17. The summed E-state index contributed by atoms with van der Waals surface area (Å²) < 4.78 is 5.17. The predicted molar refractivity (Wildman–Crippen MR) is 75.3 cm³/mol. The maximum atomic E-state index is 5.17. The fourth-order valence-corrected chi connectivity index (χ4v) is 1.08. The zero-order valence-electron chi connectivity index (χ0n) is 12.6. The summed E-state index contributed by atoms with van der Waals surface area (Å²) in [7, 11) is 0. The van der Waals surface area contributed by atoms with Crippen molar-refractivity contribution >= 4 is 0 Å². The van der Waals surface area contributed by atoms with Crippen LogP contribution in [-0.2, 0) is 6.54 Å². The van der Waals surface area contributed by atoms with Crippen LogP contribution in [0.5, 0.6) is 0 Å². The third-order valence-electron chi connectivity index (χ3n) is 1.88. The summed E-state index contributed by atoms with van der Waals surface area (Å²) in [6.45, 7) is 16.2. The Kier molecular flexibility index (Phi) is 14.4. The van der Waals surface area contributed by atoms with Crippen molar-refractivity contribution in [1.82, 2.24) is 10.5 Å². The summed E-state index contributed by atoms with van der Waals surface area (Å²) in [6.07, 6.45) is 1.15. The van der Waals surface area contributed by atoms with Crippen molar-refractivity contribution in [2.45, 2.75) is 67.3 Å². The Hall–Kier alpha value is -0.830. The van der Waals surface area contributed by atoms with Gasteiger partial charge in [0.15, 0.2) is 0 Å². The van der Waals surface area contributed by atoms with Crippen LogP contribution in [0.25, 0.3) is 0 Å². The first-order valence-electron chi connectivity index (χ1n) is 6.90. The van der Waals surface area contributed by atoms with E-state index in [0.29, 0.717) is 5.92 Å². The van der Waals surface area contributed by atoms with Gasteiger partial charge in [-0.2, -0.15) is 0 Å². The zero-order chi connectivity index (χ0) is 13.7. The Labute approximate surface area is 107 Å². The molecule has 0 aliphatic rings. The van der Waals surface area contributed by atoms with E-state index in [4.69, 9.17) is 4.52 Å². The average Bonchev–Trinajstić information content (AvgIpc) is 2.84. The Morgan fingerprint density at radius 1 is 1.24 bits per heavy atom. The van der Waals surface area contributed by atoms with Gasteiger partial charge in [-0.3, -0.25) is 0 Å². The van der Waals surface area contributed by atoms with Crippen molar-refractivity contribution in [3.63, 3.8) is 0 Å². The fourth-order valence-electron chi connectivity index (χ4n) is 1.08. The Morgan fingerprint density at radius 3 is 2.24 bits per heavy atom. The number of aromatic nitrogens is 1. The summed E-state index contributed by atoms with van der Waals surface area (Å²) in [6, 6.07) is 2.02. The van der Waals surface area contributed by atoms with E-state index in [-0.39, 0.29) is 0 Å². The van der Waals surface area contributed by atoms with E-state index in [0.717, 1.165) is 31.0 Å². The van der Waals surface area contributed by atoms with E-state index in [1.165, 1.54) is 0 Å². The Morgan fingerprint density at radius 2 is 1.82 bits per heavy atom. The largest absolute Gasteiger partial charge is 0.361 e. The number of hydrogen-bond acceptors (Lipinski definition) is 3. The lowest BCUT2D eigenvalue weighted by molar-refractivity contribution is 0.364. The maximum Gasteiger partial charge on any atom is 0.139 e. The van der Waals surface area contributed by atoms with Crippen molar-refractivity contribution in [3.05, 3.63) is 17.5 Å². The minimum Gasteiger partial charge on any atom is -0.361 e.